The molecule has 0 aromatic heterocycles. The summed E-state index contributed by atoms with van der Waals surface area (Å²) >= 11 is 0. The van der Waals surface area contributed by atoms with E-state index in [0.29, 0.717) is 13.2 Å². The van der Waals surface area contributed by atoms with E-state index in [-0.39, 0.29) is 12.2 Å². The van der Waals surface area contributed by atoms with Crippen LogP contribution < -0.4 is 10.5 Å². The normalized spacial score (nSPS) is 24.6. The maximum absolute atomic E-state index is 5.75. The van der Waals surface area contributed by atoms with Gasteiger partial charge in [0.15, 0.2) is 0 Å². The van der Waals surface area contributed by atoms with Crippen molar-refractivity contribution in [2.45, 2.75) is 32.0 Å². The van der Waals surface area contributed by atoms with Crippen LogP contribution in [0.2, 0.25) is 0 Å². The minimum Gasteiger partial charge on any atom is -0.491 e. The van der Waals surface area contributed by atoms with Crippen LogP contribution in [-0.2, 0) is 4.74 Å². The van der Waals surface area contributed by atoms with Gasteiger partial charge in [-0.05, 0) is 31.4 Å². The number of para-hydroxylation sites is 1. The molecule has 1 fully saturated rings. The van der Waals surface area contributed by atoms with Crippen LogP contribution >= 0.6 is 0 Å². The van der Waals surface area contributed by atoms with Crippen LogP contribution in [0.25, 0.3) is 0 Å². The molecular weight excluding hydrogens is 202 g/mol. The van der Waals surface area contributed by atoms with E-state index in [1.807, 2.05) is 31.2 Å². The topological polar surface area (TPSA) is 44.5 Å². The highest BCUT2D eigenvalue weighted by molar-refractivity contribution is 5.31. The number of hydrogen-bond acceptors (Lipinski definition) is 3. The minimum atomic E-state index is 0.202. The molecule has 2 rings (SSSR count). The van der Waals surface area contributed by atoms with Gasteiger partial charge in [-0.2, -0.15) is 0 Å². The quantitative estimate of drug-likeness (QED) is 0.844. The van der Waals surface area contributed by atoms with Crippen molar-refractivity contribution >= 4 is 0 Å². The van der Waals surface area contributed by atoms with Gasteiger partial charge in [0.1, 0.15) is 12.4 Å². The Hall–Kier alpha value is -1.06. The Bertz CT molecular complexity index is 340. The maximum atomic E-state index is 5.75. The van der Waals surface area contributed by atoms with Gasteiger partial charge < -0.3 is 15.2 Å². The highest BCUT2D eigenvalue weighted by atomic mass is 16.5. The van der Waals surface area contributed by atoms with Crippen LogP contribution in [0.4, 0.5) is 0 Å². The van der Waals surface area contributed by atoms with Gasteiger partial charge in [0.05, 0.1) is 12.2 Å². The van der Waals surface area contributed by atoms with Crippen molar-refractivity contribution < 1.29 is 9.47 Å². The molecule has 0 radical (unpaired) electrons. The van der Waals surface area contributed by atoms with Crippen molar-refractivity contribution in [2.75, 3.05) is 13.2 Å². The summed E-state index contributed by atoms with van der Waals surface area (Å²) in [5.41, 5.74) is 6.72. The van der Waals surface area contributed by atoms with Crippen molar-refractivity contribution in [1.29, 1.82) is 0 Å². The van der Waals surface area contributed by atoms with E-state index in [9.17, 15) is 0 Å². The first kappa shape index (κ1) is 11.4. The molecular formula is C13H19NO2. The Morgan fingerprint density at radius 1 is 1.31 bits per heavy atom. The number of aryl methyl sites for hydroxylation is 1. The average molecular weight is 221 g/mol. The fraction of sp³-hybridized carbons (Fsp3) is 0.538. The van der Waals surface area contributed by atoms with Crippen molar-refractivity contribution in [3.8, 4) is 5.75 Å². The third-order valence-corrected chi connectivity index (χ3v) is 2.98. The van der Waals surface area contributed by atoms with Crippen LogP contribution in [0.3, 0.4) is 0 Å². The molecule has 0 bridgehead atoms. The Morgan fingerprint density at radius 3 is 2.75 bits per heavy atom. The van der Waals surface area contributed by atoms with Gasteiger partial charge in [0.25, 0.3) is 0 Å². The van der Waals surface area contributed by atoms with Gasteiger partial charge in [-0.25, -0.2) is 0 Å². The molecule has 3 heteroatoms. The fourth-order valence-corrected chi connectivity index (χ4v) is 1.98. The van der Waals surface area contributed by atoms with E-state index in [1.165, 1.54) is 0 Å². The number of ether oxygens (including phenoxy) is 2. The average Bonchev–Trinajstić information content (AvgIpc) is 2.76. The molecule has 0 saturated carbocycles. The summed E-state index contributed by atoms with van der Waals surface area (Å²) in [4.78, 5) is 0. The van der Waals surface area contributed by atoms with Crippen molar-refractivity contribution in [2.24, 2.45) is 5.73 Å². The van der Waals surface area contributed by atoms with Crippen molar-refractivity contribution in [1.82, 2.24) is 0 Å². The zero-order chi connectivity index (χ0) is 11.4. The molecule has 1 heterocycles. The number of hydrogen-bond donors (Lipinski definition) is 1. The zero-order valence-electron chi connectivity index (χ0n) is 9.69. The largest absolute Gasteiger partial charge is 0.491 e. The fourth-order valence-electron chi connectivity index (χ4n) is 1.98. The summed E-state index contributed by atoms with van der Waals surface area (Å²) in [6.45, 7) is 3.29. The summed E-state index contributed by atoms with van der Waals surface area (Å²) in [5.74, 6) is 0.947. The van der Waals surface area contributed by atoms with Crippen LogP contribution in [0.15, 0.2) is 24.3 Å². The van der Waals surface area contributed by atoms with Gasteiger partial charge in [-0.1, -0.05) is 18.2 Å². The van der Waals surface area contributed by atoms with Crippen LogP contribution in [0, 0.1) is 6.92 Å². The Morgan fingerprint density at radius 2 is 2.06 bits per heavy atom. The van der Waals surface area contributed by atoms with Crippen LogP contribution in [0.5, 0.6) is 5.75 Å². The molecule has 3 nitrogen and oxygen atoms in total. The third-order valence-electron chi connectivity index (χ3n) is 2.98. The number of benzene rings is 1. The summed E-state index contributed by atoms with van der Waals surface area (Å²) in [6.07, 6.45) is 2.53. The predicted molar refractivity (Wildman–Crippen MR) is 63.6 cm³/mol. The molecule has 88 valence electrons. The van der Waals surface area contributed by atoms with Crippen molar-refractivity contribution in [3.63, 3.8) is 0 Å². The molecule has 1 aliphatic heterocycles. The SMILES string of the molecule is Cc1ccccc1OCC1CCC(CN)O1. The molecule has 2 unspecified atom stereocenters. The second-order valence-corrected chi connectivity index (χ2v) is 4.27. The highest BCUT2D eigenvalue weighted by Crippen LogP contribution is 2.21. The monoisotopic (exact) mass is 221 g/mol. The van der Waals surface area contributed by atoms with Crippen molar-refractivity contribution in [3.05, 3.63) is 29.8 Å². The van der Waals surface area contributed by atoms with Gasteiger partial charge in [-0.15, -0.1) is 0 Å². The molecule has 1 aliphatic rings. The van der Waals surface area contributed by atoms with Gasteiger partial charge >= 0.3 is 0 Å². The first-order chi connectivity index (χ1) is 7.79. The Kier molecular flexibility index (Phi) is 3.80. The van der Waals surface area contributed by atoms with E-state index in [2.05, 4.69) is 0 Å². The summed E-state index contributed by atoms with van der Waals surface area (Å²) in [7, 11) is 0. The summed E-state index contributed by atoms with van der Waals surface area (Å²) < 4.78 is 11.5. The Labute approximate surface area is 96.5 Å². The first-order valence-corrected chi connectivity index (χ1v) is 5.83. The van der Waals surface area contributed by atoms with E-state index in [0.717, 1.165) is 24.2 Å². The lowest BCUT2D eigenvalue weighted by Gasteiger charge is -2.14. The molecule has 2 atom stereocenters. The van der Waals surface area contributed by atoms with E-state index < -0.39 is 0 Å². The smallest absolute Gasteiger partial charge is 0.122 e. The lowest BCUT2D eigenvalue weighted by atomic mass is 10.2. The second-order valence-electron chi connectivity index (χ2n) is 4.27. The summed E-state index contributed by atoms with van der Waals surface area (Å²) in [6, 6.07) is 8.04. The number of nitrogens with two attached hydrogens (primary N) is 1. The van der Waals surface area contributed by atoms with Gasteiger partial charge in [-0.3, -0.25) is 0 Å². The number of rotatable bonds is 4. The third kappa shape index (κ3) is 2.74. The molecule has 1 saturated heterocycles. The van der Waals surface area contributed by atoms with E-state index in [1.54, 1.807) is 0 Å². The molecule has 0 spiro atoms. The van der Waals surface area contributed by atoms with Crippen LogP contribution in [0.1, 0.15) is 18.4 Å². The van der Waals surface area contributed by atoms with Crippen LogP contribution in [-0.4, -0.2) is 25.4 Å². The second kappa shape index (κ2) is 5.32. The first-order valence-electron chi connectivity index (χ1n) is 5.83. The van der Waals surface area contributed by atoms with Gasteiger partial charge in [0.2, 0.25) is 0 Å². The standard InChI is InChI=1S/C13H19NO2/c1-10-4-2-3-5-13(10)15-9-12-7-6-11(8-14)16-12/h2-5,11-12H,6-9,14H2,1H3. The lowest BCUT2D eigenvalue weighted by Crippen LogP contribution is -2.23. The van der Waals surface area contributed by atoms with E-state index in [4.69, 9.17) is 15.2 Å². The molecule has 1 aromatic rings. The highest BCUT2D eigenvalue weighted by Gasteiger charge is 2.24. The Balaban J connectivity index is 1.82. The maximum Gasteiger partial charge on any atom is 0.122 e. The minimum absolute atomic E-state index is 0.202. The van der Waals surface area contributed by atoms with E-state index >= 15 is 0 Å². The molecule has 1 aromatic carbocycles. The molecule has 0 amide bonds. The summed E-state index contributed by atoms with van der Waals surface area (Å²) in [5, 5.41) is 0. The van der Waals surface area contributed by atoms with Gasteiger partial charge in [0, 0.05) is 6.54 Å². The molecule has 2 N–H and O–H groups in total. The zero-order valence-corrected chi connectivity index (χ0v) is 9.69. The predicted octanol–water partition coefficient (Wildman–Crippen LogP) is 1.88. The molecule has 0 aliphatic carbocycles. The lowest BCUT2D eigenvalue weighted by molar-refractivity contribution is 0.0220. The molecule has 16 heavy (non-hydrogen) atoms.